The summed E-state index contributed by atoms with van der Waals surface area (Å²) in [6.07, 6.45) is 2.21. The minimum absolute atomic E-state index is 0.0538. The number of carbonyl (C=O) groups excluding carboxylic acids is 2. The fourth-order valence-electron chi connectivity index (χ4n) is 4.47. The van der Waals surface area contributed by atoms with E-state index in [1.54, 1.807) is 25.1 Å². The number of aryl methyl sites for hydroxylation is 1. The quantitative estimate of drug-likeness (QED) is 0.262. The van der Waals surface area contributed by atoms with Crippen LogP contribution in [0.1, 0.15) is 54.4 Å². The highest BCUT2D eigenvalue weighted by Crippen LogP contribution is 2.23. The van der Waals surface area contributed by atoms with Crippen molar-refractivity contribution in [3.8, 4) is 5.75 Å². The lowest BCUT2D eigenvalue weighted by molar-refractivity contribution is -0.148. The topological polar surface area (TPSA) is 148 Å². The molecule has 0 bridgehead atoms. The van der Waals surface area contributed by atoms with Gasteiger partial charge in [0.2, 0.25) is 15.8 Å². The smallest absolute Gasteiger partial charge is 0.324 e. The molecule has 2 aromatic heterocycles. The number of thiophene rings is 1. The molecular formula is C26H32N4O7S2. The fourth-order valence-corrected chi connectivity index (χ4v) is 7.09. The lowest BCUT2D eigenvalue weighted by atomic mass is 10.1. The number of ether oxygens (including phenoxy) is 2. The highest BCUT2D eigenvalue weighted by atomic mass is 32.2. The van der Waals surface area contributed by atoms with Gasteiger partial charge in [-0.25, -0.2) is 13.4 Å². The van der Waals surface area contributed by atoms with Gasteiger partial charge in [-0.2, -0.15) is 4.31 Å². The SMILES string of the molecule is CCOC(=O)C1CCCCN1S(=O)(=O)CCCOc1cccc(CNC(=O)c2nc3scc(C)c3c(=O)[nH]2)c1. The summed E-state index contributed by atoms with van der Waals surface area (Å²) < 4.78 is 38.0. The van der Waals surface area contributed by atoms with E-state index in [0.717, 1.165) is 17.5 Å². The Morgan fingerprint density at radius 3 is 2.90 bits per heavy atom. The Morgan fingerprint density at radius 2 is 2.10 bits per heavy atom. The fraction of sp³-hybridized carbons (Fsp3) is 0.462. The van der Waals surface area contributed by atoms with E-state index in [1.807, 2.05) is 18.4 Å². The summed E-state index contributed by atoms with van der Waals surface area (Å²) in [4.78, 5) is 44.4. The van der Waals surface area contributed by atoms with Crippen LogP contribution in [0.2, 0.25) is 0 Å². The van der Waals surface area contributed by atoms with Crippen LogP contribution in [0.25, 0.3) is 10.2 Å². The standard InChI is InChI=1S/C26H32N4O7S2/c1-3-36-26(33)20-10-4-5-11-30(20)39(34,35)13-7-12-37-19-9-6-8-18(14-19)15-27-24(32)22-28-23(31)21-17(2)16-38-25(21)29-22/h6,8-9,14,16,20H,3-5,7,10-13,15H2,1-2H3,(H,27,32)(H,28,29,31). The van der Waals surface area contributed by atoms with Gasteiger partial charge in [0.1, 0.15) is 16.6 Å². The van der Waals surface area contributed by atoms with Crippen molar-refractivity contribution in [3.05, 3.63) is 57.0 Å². The Bertz CT molecular complexity index is 1500. The molecule has 1 saturated heterocycles. The number of nitrogens with one attached hydrogen (secondary N) is 2. The zero-order valence-electron chi connectivity index (χ0n) is 21.9. The second-order valence-electron chi connectivity index (χ2n) is 9.24. The van der Waals surface area contributed by atoms with Crippen LogP contribution in [0.4, 0.5) is 0 Å². The van der Waals surface area contributed by atoms with E-state index in [-0.39, 0.29) is 43.3 Å². The van der Waals surface area contributed by atoms with Gasteiger partial charge in [0.25, 0.3) is 11.5 Å². The summed E-state index contributed by atoms with van der Waals surface area (Å²) in [5, 5.41) is 5.05. The third-order valence-electron chi connectivity index (χ3n) is 6.38. The molecule has 3 heterocycles. The number of hydrogen-bond acceptors (Lipinski definition) is 9. The molecule has 3 aromatic rings. The van der Waals surface area contributed by atoms with Crippen LogP contribution in [0.5, 0.6) is 5.75 Å². The first-order valence-corrected chi connectivity index (χ1v) is 15.3. The monoisotopic (exact) mass is 576 g/mol. The van der Waals surface area contributed by atoms with Crippen molar-refractivity contribution in [3.63, 3.8) is 0 Å². The van der Waals surface area contributed by atoms with E-state index >= 15 is 0 Å². The molecule has 0 spiro atoms. The Hall–Kier alpha value is -3.29. The number of H-pyrrole nitrogens is 1. The summed E-state index contributed by atoms with van der Waals surface area (Å²) in [5.41, 5.74) is 1.23. The number of fused-ring (bicyclic) bond motifs is 1. The summed E-state index contributed by atoms with van der Waals surface area (Å²) in [5.74, 6) is -0.663. The van der Waals surface area contributed by atoms with Crippen molar-refractivity contribution in [2.24, 2.45) is 0 Å². The minimum Gasteiger partial charge on any atom is -0.494 e. The predicted octanol–water partition coefficient (Wildman–Crippen LogP) is 2.74. The molecule has 4 rings (SSSR count). The molecule has 13 heteroatoms. The van der Waals surface area contributed by atoms with E-state index in [0.29, 0.717) is 35.4 Å². The Balaban J connectivity index is 1.28. The van der Waals surface area contributed by atoms with Gasteiger partial charge in [-0.1, -0.05) is 12.1 Å². The van der Waals surface area contributed by atoms with Gasteiger partial charge in [0, 0.05) is 13.1 Å². The number of hydrogen-bond donors (Lipinski definition) is 2. The van der Waals surface area contributed by atoms with Crippen molar-refractivity contribution >= 4 is 43.5 Å². The van der Waals surface area contributed by atoms with Crippen molar-refractivity contribution in [2.45, 2.75) is 52.1 Å². The first-order chi connectivity index (χ1) is 18.7. The number of piperidine rings is 1. The van der Waals surface area contributed by atoms with Crippen LogP contribution in [-0.2, 0) is 26.1 Å². The van der Waals surface area contributed by atoms with E-state index in [2.05, 4.69) is 15.3 Å². The van der Waals surface area contributed by atoms with Gasteiger partial charge in [-0.05, 0) is 68.2 Å². The summed E-state index contributed by atoms with van der Waals surface area (Å²) in [6.45, 7) is 4.38. The highest BCUT2D eigenvalue weighted by molar-refractivity contribution is 7.89. The van der Waals surface area contributed by atoms with E-state index in [9.17, 15) is 22.8 Å². The van der Waals surface area contributed by atoms with Gasteiger partial charge in [-0.3, -0.25) is 14.4 Å². The Kier molecular flexibility index (Phi) is 9.36. The maximum Gasteiger partial charge on any atom is 0.324 e. The molecule has 1 aromatic carbocycles. The average molecular weight is 577 g/mol. The number of aromatic amines is 1. The van der Waals surface area contributed by atoms with E-state index in [1.165, 1.54) is 15.6 Å². The van der Waals surface area contributed by atoms with Crippen molar-refractivity contribution in [2.75, 3.05) is 25.5 Å². The normalized spacial score (nSPS) is 16.2. The van der Waals surface area contributed by atoms with Crippen LogP contribution in [-0.4, -0.2) is 66.1 Å². The molecule has 1 aliphatic rings. The van der Waals surface area contributed by atoms with Crippen LogP contribution in [0, 0.1) is 6.92 Å². The minimum atomic E-state index is -3.64. The highest BCUT2D eigenvalue weighted by Gasteiger charge is 2.37. The molecule has 0 aliphatic carbocycles. The average Bonchev–Trinajstić information content (AvgIpc) is 3.31. The third kappa shape index (κ3) is 7.02. The van der Waals surface area contributed by atoms with Crippen molar-refractivity contribution < 1.29 is 27.5 Å². The van der Waals surface area contributed by atoms with Gasteiger partial charge in [0.05, 0.1) is 24.4 Å². The summed E-state index contributed by atoms with van der Waals surface area (Å²) in [6, 6.07) is 6.31. The molecule has 210 valence electrons. The number of aromatic nitrogens is 2. The molecule has 1 unspecified atom stereocenters. The maximum atomic E-state index is 12.9. The van der Waals surface area contributed by atoms with Gasteiger partial charge in [-0.15, -0.1) is 11.3 Å². The van der Waals surface area contributed by atoms with Gasteiger partial charge >= 0.3 is 5.97 Å². The first kappa shape index (κ1) is 28.7. The van der Waals surface area contributed by atoms with E-state index < -0.39 is 27.9 Å². The van der Waals surface area contributed by atoms with Crippen LogP contribution >= 0.6 is 11.3 Å². The molecule has 1 aliphatic heterocycles. The lowest BCUT2D eigenvalue weighted by Crippen LogP contribution is -2.49. The second kappa shape index (κ2) is 12.7. The van der Waals surface area contributed by atoms with E-state index in [4.69, 9.17) is 9.47 Å². The van der Waals surface area contributed by atoms with Gasteiger partial charge in [0.15, 0.2) is 0 Å². The predicted molar refractivity (Wildman–Crippen MR) is 147 cm³/mol. The zero-order chi connectivity index (χ0) is 28.0. The number of nitrogens with zero attached hydrogens (tertiary/aromatic N) is 2. The molecule has 1 atom stereocenters. The summed E-state index contributed by atoms with van der Waals surface area (Å²) >= 11 is 1.31. The van der Waals surface area contributed by atoms with Crippen molar-refractivity contribution in [1.82, 2.24) is 19.6 Å². The Morgan fingerprint density at radius 1 is 1.28 bits per heavy atom. The number of sulfonamides is 1. The first-order valence-electron chi connectivity index (χ1n) is 12.8. The number of amides is 1. The molecular weight excluding hydrogens is 544 g/mol. The summed E-state index contributed by atoms with van der Waals surface area (Å²) in [7, 11) is -3.64. The van der Waals surface area contributed by atoms with Crippen LogP contribution < -0.4 is 15.6 Å². The third-order valence-corrected chi connectivity index (χ3v) is 9.33. The molecule has 11 nitrogen and oxygen atoms in total. The molecule has 0 saturated carbocycles. The molecule has 2 N–H and O–H groups in total. The second-order valence-corrected chi connectivity index (χ2v) is 12.1. The van der Waals surface area contributed by atoms with Crippen molar-refractivity contribution in [1.29, 1.82) is 0 Å². The number of benzene rings is 1. The molecule has 1 amide bonds. The number of esters is 1. The Labute approximate surface area is 230 Å². The molecule has 39 heavy (non-hydrogen) atoms. The largest absolute Gasteiger partial charge is 0.494 e. The van der Waals surface area contributed by atoms with Gasteiger partial charge < -0.3 is 19.8 Å². The lowest BCUT2D eigenvalue weighted by Gasteiger charge is -2.32. The van der Waals surface area contributed by atoms with Crippen LogP contribution in [0.3, 0.4) is 0 Å². The molecule has 0 radical (unpaired) electrons. The maximum absolute atomic E-state index is 12.9. The number of carbonyl (C=O) groups is 2. The molecule has 1 fully saturated rings. The van der Waals surface area contributed by atoms with Crippen LogP contribution in [0.15, 0.2) is 34.4 Å². The number of rotatable bonds is 11. The zero-order valence-corrected chi connectivity index (χ0v) is 23.5.